The molecule has 0 radical (unpaired) electrons. The fourth-order valence-electron chi connectivity index (χ4n) is 3.68. The average Bonchev–Trinajstić information content (AvgIpc) is 3.30. The number of carbonyl (C=O) groups is 2. The molecule has 3 aromatic carbocycles. The van der Waals surface area contributed by atoms with Gasteiger partial charge in [0.2, 0.25) is 0 Å². The van der Waals surface area contributed by atoms with Crippen molar-refractivity contribution in [3.8, 4) is 11.5 Å². The van der Waals surface area contributed by atoms with E-state index >= 15 is 0 Å². The predicted molar refractivity (Wildman–Crippen MR) is 136 cm³/mol. The van der Waals surface area contributed by atoms with E-state index in [2.05, 4.69) is 16.0 Å². The van der Waals surface area contributed by atoms with Gasteiger partial charge in [-0.25, -0.2) is 0 Å². The number of furan rings is 1. The molecule has 5 rings (SSSR count). The number of rotatable bonds is 4. The second kappa shape index (κ2) is 9.47. The standard InChI is InChI=1S/C26H21N3O5S/c1-15-12-18(7-8-19(15)28-25(31)23-13-16-4-2-3-5-20(16)34-23)27-26(35)29-24(30)17-6-9-21-22(14-17)33-11-10-32-21/h2-9,12-14H,10-11H2,1H3,(H,28,31)(H2,27,29,30,35). The maximum absolute atomic E-state index is 12.6. The molecule has 1 aliphatic heterocycles. The molecule has 4 aromatic rings. The van der Waals surface area contributed by atoms with E-state index in [0.717, 1.165) is 10.9 Å². The number of para-hydroxylation sites is 1. The largest absolute Gasteiger partial charge is 0.486 e. The molecule has 3 N–H and O–H groups in total. The van der Waals surface area contributed by atoms with Gasteiger partial charge >= 0.3 is 0 Å². The van der Waals surface area contributed by atoms with Crippen LogP contribution < -0.4 is 25.4 Å². The van der Waals surface area contributed by atoms with Gasteiger partial charge in [0.1, 0.15) is 18.8 Å². The molecular formula is C26H21N3O5S. The van der Waals surface area contributed by atoms with Crippen LogP contribution in [0.1, 0.15) is 26.5 Å². The van der Waals surface area contributed by atoms with Crippen molar-refractivity contribution >= 4 is 51.5 Å². The highest BCUT2D eigenvalue weighted by molar-refractivity contribution is 7.80. The number of aryl methyl sites for hydroxylation is 1. The second-order valence-electron chi connectivity index (χ2n) is 7.90. The summed E-state index contributed by atoms with van der Waals surface area (Å²) in [5.74, 6) is 0.657. The molecule has 35 heavy (non-hydrogen) atoms. The van der Waals surface area contributed by atoms with E-state index in [1.807, 2.05) is 37.3 Å². The van der Waals surface area contributed by atoms with Crippen molar-refractivity contribution in [1.82, 2.24) is 5.32 Å². The highest BCUT2D eigenvalue weighted by Crippen LogP contribution is 2.30. The number of thiocarbonyl (C=S) groups is 1. The first-order valence-electron chi connectivity index (χ1n) is 10.9. The molecule has 1 aliphatic rings. The summed E-state index contributed by atoms with van der Waals surface area (Å²) in [4.78, 5) is 25.2. The third-order valence-electron chi connectivity index (χ3n) is 5.41. The van der Waals surface area contributed by atoms with Crippen molar-refractivity contribution in [3.05, 3.63) is 83.6 Å². The second-order valence-corrected chi connectivity index (χ2v) is 8.31. The molecule has 0 fully saturated rings. The molecule has 2 heterocycles. The van der Waals surface area contributed by atoms with Gasteiger partial charge in [-0.1, -0.05) is 18.2 Å². The lowest BCUT2D eigenvalue weighted by molar-refractivity contribution is 0.0974. The van der Waals surface area contributed by atoms with Crippen LogP contribution in [0.4, 0.5) is 11.4 Å². The molecule has 0 saturated carbocycles. The van der Waals surface area contributed by atoms with Gasteiger partial charge in [-0.15, -0.1) is 0 Å². The number of fused-ring (bicyclic) bond motifs is 2. The fraction of sp³-hybridized carbons (Fsp3) is 0.115. The molecule has 8 nitrogen and oxygen atoms in total. The van der Waals surface area contributed by atoms with E-state index in [0.29, 0.717) is 47.2 Å². The fourth-order valence-corrected chi connectivity index (χ4v) is 3.89. The van der Waals surface area contributed by atoms with Crippen LogP contribution >= 0.6 is 12.2 Å². The molecule has 0 unspecified atom stereocenters. The zero-order valence-electron chi connectivity index (χ0n) is 18.7. The van der Waals surface area contributed by atoms with Crippen molar-refractivity contribution < 1.29 is 23.5 Å². The molecule has 176 valence electrons. The Morgan fingerprint density at radius 2 is 1.66 bits per heavy atom. The topological polar surface area (TPSA) is 102 Å². The van der Waals surface area contributed by atoms with Gasteiger partial charge in [0.05, 0.1) is 0 Å². The van der Waals surface area contributed by atoms with Gasteiger partial charge in [-0.2, -0.15) is 0 Å². The Hall–Kier alpha value is -4.37. The van der Waals surface area contributed by atoms with Crippen LogP contribution in [0.5, 0.6) is 11.5 Å². The number of anilines is 2. The van der Waals surface area contributed by atoms with E-state index in [4.69, 9.17) is 26.1 Å². The smallest absolute Gasteiger partial charge is 0.291 e. The molecular weight excluding hydrogens is 466 g/mol. The summed E-state index contributed by atoms with van der Waals surface area (Å²) < 4.78 is 16.6. The van der Waals surface area contributed by atoms with E-state index in [1.54, 1.807) is 36.4 Å². The van der Waals surface area contributed by atoms with Crippen LogP contribution in [-0.4, -0.2) is 30.1 Å². The maximum Gasteiger partial charge on any atom is 0.291 e. The maximum atomic E-state index is 12.6. The van der Waals surface area contributed by atoms with Gasteiger partial charge in [-0.05, 0) is 73.2 Å². The van der Waals surface area contributed by atoms with E-state index in [-0.39, 0.29) is 22.7 Å². The lowest BCUT2D eigenvalue weighted by Crippen LogP contribution is -2.34. The molecule has 0 saturated heterocycles. The lowest BCUT2D eigenvalue weighted by atomic mass is 10.1. The minimum atomic E-state index is -0.370. The van der Waals surface area contributed by atoms with E-state index in [9.17, 15) is 9.59 Å². The third kappa shape index (κ3) is 4.95. The van der Waals surface area contributed by atoms with Gasteiger partial charge in [0.25, 0.3) is 11.8 Å². The number of hydrogen-bond donors (Lipinski definition) is 3. The summed E-state index contributed by atoms with van der Waals surface area (Å²) in [7, 11) is 0. The van der Waals surface area contributed by atoms with Crippen molar-refractivity contribution in [2.45, 2.75) is 6.92 Å². The van der Waals surface area contributed by atoms with Crippen LogP contribution in [0.15, 0.2) is 71.1 Å². The Morgan fingerprint density at radius 3 is 2.46 bits per heavy atom. The normalized spacial score (nSPS) is 12.1. The minimum absolute atomic E-state index is 0.142. The Labute approximate surface area is 206 Å². The Bertz CT molecular complexity index is 1430. The Kier molecular flexibility index (Phi) is 6.07. The number of amides is 2. The molecule has 1 aromatic heterocycles. The summed E-state index contributed by atoms with van der Waals surface area (Å²) in [5, 5.41) is 9.51. The van der Waals surface area contributed by atoms with Crippen molar-refractivity contribution in [2.24, 2.45) is 0 Å². The Balaban J connectivity index is 1.21. The summed E-state index contributed by atoms with van der Waals surface area (Å²) in [6, 6.07) is 19.4. The quantitative estimate of drug-likeness (QED) is 0.352. The molecule has 0 spiro atoms. The van der Waals surface area contributed by atoms with Crippen LogP contribution in [0, 0.1) is 6.92 Å². The summed E-state index contributed by atoms with van der Waals surface area (Å²) >= 11 is 5.29. The summed E-state index contributed by atoms with van der Waals surface area (Å²) in [6.45, 7) is 2.77. The van der Waals surface area contributed by atoms with E-state index < -0.39 is 0 Å². The monoisotopic (exact) mass is 487 g/mol. The van der Waals surface area contributed by atoms with Crippen LogP contribution in [0.25, 0.3) is 11.0 Å². The molecule has 9 heteroatoms. The van der Waals surface area contributed by atoms with Gasteiger partial charge in [0.15, 0.2) is 22.4 Å². The first kappa shape index (κ1) is 22.4. The van der Waals surface area contributed by atoms with Gasteiger partial charge in [-0.3, -0.25) is 14.9 Å². The number of ether oxygens (including phenoxy) is 2. The van der Waals surface area contributed by atoms with Crippen molar-refractivity contribution in [3.63, 3.8) is 0 Å². The first-order valence-corrected chi connectivity index (χ1v) is 11.3. The molecule has 0 bridgehead atoms. The van der Waals surface area contributed by atoms with Crippen LogP contribution in [-0.2, 0) is 0 Å². The summed E-state index contributed by atoms with van der Waals surface area (Å²) in [6.07, 6.45) is 0. The molecule has 0 atom stereocenters. The van der Waals surface area contributed by atoms with Crippen molar-refractivity contribution in [1.29, 1.82) is 0 Å². The zero-order valence-corrected chi connectivity index (χ0v) is 19.5. The highest BCUT2D eigenvalue weighted by Gasteiger charge is 2.16. The third-order valence-corrected chi connectivity index (χ3v) is 5.62. The average molecular weight is 488 g/mol. The van der Waals surface area contributed by atoms with Gasteiger partial charge < -0.3 is 24.5 Å². The minimum Gasteiger partial charge on any atom is -0.486 e. The molecule has 2 amide bonds. The van der Waals surface area contributed by atoms with Crippen molar-refractivity contribution in [2.75, 3.05) is 23.8 Å². The number of nitrogens with one attached hydrogen (secondary N) is 3. The number of hydrogen-bond acceptors (Lipinski definition) is 6. The van der Waals surface area contributed by atoms with Crippen LogP contribution in [0.2, 0.25) is 0 Å². The highest BCUT2D eigenvalue weighted by atomic mass is 32.1. The zero-order chi connectivity index (χ0) is 24.4. The van der Waals surface area contributed by atoms with Crippen LogP contribution in [0.3, 0.4) is 0 Å². The van der Waals surface area contributed by atoms with Gasteiger partial charge in [0, 0.05) is 22.3 Å². The lowest BCUT2D eigenvalue weighted by Gasteiger charge is -2.18. The predicted octanol–water partition coefficient (Wildman–Crippen LogP) is 4.89. The number of carbonyl (C=O) groups excluding carboxylic acids is 2. The van der Waals surface area contributed by atoms with E-state index in [1.165, 1.54) is 0 Å². The Morgan fingerprint density at radius 1 is 0.857 bits per heavy atom. The summed E-state index contributed by atoms with van der Waals surface area (Å²) in [5.41, 5.74) is 3.16. The SMILES string of the molecule is Cc1cc(NC(=S)NC(=O)c2ccc3c(c2)OCCO3)ccc1NC(=O)c1cc2ccccc2o1. The molecule has 0 aliphatic carbocycles. The number of benzene rings is 3. The first-order chi connectivity index (χ1) is 17.0.